The molecular weight excluding hydrogens is 202 g/mol. The molecule has 86 valence electrons. The van der Waals surface area contributed by atoms with Crippen LogP contribution in [-0.2, 0) is 0 Å². The lowest BCUT2D eigenvalue weighted by molar-refractivity contribution is 0.0894. The summed E-state index contributed by atoms with van der Waals surface area (Å²) in [5.74, 6) is 0.729. The molecule has 0 spiro atoms. The van der Waals surface area contributed by atoms with Crippen molar-refractivity contribution in [1.82, 2.24) is 10.3 Å². The highest BCUT2D eigenvalue weighted by Crippen LogP contribution is 2.34. The summed E-state index contributed by atoms with van der Waals surface area (Å²) in [6.45, 7) is 0. The third-order valence-corrected chi connectivity index (χ3v) is 3.71. The van der Waals surface area contributed by atoms with E-state index in [0.717, 1.165) is 5.84 Å². The van der Waals surface area contributed by atoms with Gasteiger partial charge in [-0.2, -0.15) is 5.10 Å². The second-order valence-electron chi connectivity index (χ2n) is 4.69. The number of nitrogens with one attached hydrogen (secondary N) is 1. The van der Waals surface area contributed by atoms with Crippen molar-refractivity contribution >= 4 is 12.1 Å². The molecule has 3 N–H and O–H groups in total. The molecule has 1 fully saturated rings. The van der Waals surface area contributed by atoms with E-state index in [-0.39, 0.29) is 0 Å². The number of hydrazone groups is 1. The van der Waals surface area contributed by atoms with Gasteiger partial charge < -0.3 is 0 Å². The highest BCUT2D eigenvalue weighted by atomic mass is 15.6. The number of fused-ring (bicyclic) bond motifs is 1. The molecule has 5 heteroatoms. The first kappa shape index (κ1) is 9.84. The maximum absolute atomic E-state index is 6.48. The topological polar surface area (TPSA) is 66.0 Å². The predicted molar refractivity (Wildman–Crippen MR) is 63.5 cm³/mol. The first-order valence-electron chi connectivity index (χ1n) is 5.93. The molecule has 5 nitrogen and oxygen atoms in total. The van der Waals surface area contributed by atoms with Gasteiger partial charge in [-0.15, -0.1) is 0 Å². The lowest BCUT2D eigenvalue weighted by Gasteiger charge is -2.41. The molecular formula is C11H17N5. The Morgan fingerprint density at radius 2 is 2.19 bits per heavy atom. The van der Waals surface area contributed by atoms with Gasteiger partial charge in [-0.1, -0.05) is 19.3 Å². The van der Waals surface area contributed by atoms with Crippen LogP contribution in [0.4, 0.5) is 0 Å². The van der Waals surface area contributed by atoms with Crippen molar-refractivity contribution in [1.29, 1.82) is 0 Å². The number of amidine groups is 1. The zero-order valence-electron chi connectivity index (χ0n) is 9.26. The molecule has 2 heterocycles. The Labute approximate surface area is 95.1 Å². The zero-order valence-corrected chi connectivity index (χ0v) is 9.26. The lowest BCUT2D eigenvalue weighted by Crippen LogP contribution is -2.64. The van der Waals surface area contributed by atoms with Crippen molar-refractivity contribution in [3.8, 4) is 0 Å². The van der Waals surface area contributed by atoms with Gasteiger partial charge in [0.1, 0.15) is 0 Å². The molecule has 0 saturated heterocycles. The van der Waals surface area contributed by atoms with Crippen LogP contribution in [0.3, 0.4) is 0 Å². The largest absolute Gasteiger partial charge is 0.291 e. The van der Waals surface area contributed by atoms with Crippen LogP contribution in [0.15, 0.2) is 22.5 Å². The van der Waals surface area contributed by atoms with Gasteiger partial charge in [0, 0.05) is 18.3 Å². The Hall–Kier alpha value is -1.36. The van der Waals surface area contributed by atoms with Gasteiger partial charge in [0.2, 0.25) is 0 Å². The van der Waals surface area contributed by atoms with E-state index in [1.165, 1.54) is 32.1 Å². The molecule has 1 unspecified atom stereocenters. The second-order valence-corrected chi connectivity index (χ2v) is 4.69. The standard InChI is InChI=1S/C11H17N5/c12-11(9-4-2-1-3-5-9)15-14-10-8-13-6-7-16(10)11/h6-9,15H,1-5,12H2. The Bertz CT molecular complexity index is 367. The molecule has 0 aromatic rings. The fraction of sp³-hybridized carbons (Fsp3) is 0.636. The predicted octanol–water partition coefficient (Wildman–Crippen LogP) is 0.953. The van der Waals surface area contributed by atoms with Crippen LogP contribution in [0.25, 0.3) is 0 Å². The lowest BCUT2D eigenvalue weighted by atomic mass is 9.83. The van der Waals surface area contributed by atoms with Gasteiger partial charge in [-0.25, -0.2) is 0 Å². The molecule has 0 aromatic carbocycles. The van der Waals surface area contributed by atoms with E-state index in [1.807, 2.05) is 11.1 Å². The Kier molecular flexibility index (Phi) is 2.21. The van der Waals surface area contributed by atoms with Crippen molar-refractivity contribution in [2.75, 3.05) is 0 Å². The summed E-state index contributed by atoms with van der Waals surface area (Å²) < 4.78 is 0. The molecule has 1 saturated carbocycles. The van der Waals surface area contributed by atoms with Crippen molar-refractivity contribution < 1.29 is 0 Å². The van der Waals surface area contributed by atoms with Gasteiger partial charge in [-0.3, -0.25) is 21.1 Å². The van der Waals surface area contributed by atoms with Gasteiger partial charge in [0.15, 0.2) is 11.6 Å². The van der Waals surface area contributed by atoms with E-state index in [1.54, 1.807) is 12.4 Å². The fourth-order valence-corrected chi connectivity index (χ4v) is 2.78. The van der Waals surface area contributed by atoms with E-state index in [9.17, 15) is 0 Å². The van der Waals surface area contributed by atoms with Crippen molar-refractivity contribution in [3.05, 3.63) is 12.4 Å². The molecule has 1 aliphatic carbocycles. The van der Waals surface area contributed by atoms with Gasteiger partial charge >= 0.3 is 0 Å². The molecule has 0 radical (unpaired) electrons. The highest BCUT2D eigenvalue weighted by Gasteiger charge is 2.45. The summed E-state index contributed by atoms with van der Waals surface area (Å²) >= 11 is 0. The van der Waals surface area contributed by atoms with Gasteiger partial charge in [0.25, 0.3) is 0 Å². The minimum absolute atomic E-state index is 0.457. The first-order chi connectivity index (χ1) is 7.81. The summed E-state index contributed by atoms with van der Waals surface area (Å²) in [5, 5.41) is 4.25. The van der Waals surface area contributed by atoms with Crippen LogP contribution in [0.1, 0.15) is 32.1 Å². The molecule has 1 atom stereocenters. The zero-order chi connectivity index (χ0) is 11.0. The molecule has 3 aliphatic rings. The smallest absolute Gasteiger partial charge is 0.187 e. The SMILES string of the molecule is NC1(C2CCCCC2)NN=C2C=NC=CN21. The summed E-state index contributed by atoms with van der Waals surface area (Å²) in [6.07, 6.45) is 11.6. The van der Waals surface area contributed by atoms with Crippen LogP contribution >= 0.6 is 0 Å². The maximum Gasteiger partial charge on any atom is 0.187 e. The summed E-state index contributed by atoms with van der Waals surface area (Å²) in [5.41, 5.74) is 9.57. The Morgan fingerprint density at radius 3 is 3.00 bits per heavy atom. The van der Waals surface area contributed by atoms with Crippen LogP contribution < -0.4 is 11.2 Å². The van der Waals surface area contributed by atoms with Crippen LogP contribution in [0.5, 0.6) is 0 Å². The minimum atomic E-state index is -0.543. The van der Waals surface area contributed by atoms with E-state index in [4.69, 9.17) is 5.73 Å². The molecule has 0 bridgehead atoms. The Balaban J connectivity index is 1.84. The summed E-state index contributed by atoms with van der Waals surface area (Å²) in [7, 11) is 0. The summed E-state index contributed by atoms with van der Waals surface area (Å²) in [4.78, 5) is 6.07. The number of rotatable bonds is 1. The normalized spacial score (nSPS) is 33.6. The van der Waals surface area contributed by atoms with Crippen molar-refractivity contribution in [2.45, 2.75) is 37.9 Å². The Morgan fingerprint density at radius 1 is 1.38 bits per heavy atom. The summed E-state index contributed by atoms with van der Waals surface area (Å²) in [6, 6.07) is 0. The number of hydrogen-bond acceptors (Lipinski definition) is 5. The first-order valence-corrected chi connectivity index (χ1v) is 5.93. The van der Waals surface area contributed by atoms with E-state index in [2.05, 4.69) is 15.5 Å². The van der Waals surface area contributed by atoms with Crippen LogP contribution in [0.2, 0.25) is 0 Å². The number of nitrogens with zero attached hydrogens (tertiary/aromatic N) is 3. The second kappa shape index (κ2) is 3.59. The van der Waals surface area contributed by atoms with Crippen molar-refractivity contribution in [2.24, 2.45) is 21.7 Å². The monoisotopic (exact) mass is 219 g/mol. The van der Waals surface area contributed by atoms with Crippen LogP contribution in [-0.4, -0.2) is 22.7 Å². The van der Waals surface area contributed by atoms with Gasteiger partial charge in [0.05, 0.1) is 6.21 Å². The molecule has 0 aromatic heterocycles. The van der Waals surface area contributed by atoms with E-state index < -0.39 is 5.79 Å². The van der Waals surface area contributed by atoms with Crippen molar-refractivity contribution in [3.63, 3.8) is 0 Å². The molecule has 3 rings (SSSR count). The van der Waals surface area contributed by atoms with E-state index in [0.29, 0.717) is 5.92 Å². The molecule has 2 aliphatic heterocycles. The third kappa shape index (κ3) is 1.35. The maximum atomic E-state index is 6.48. The number of nitrogens with two attached hydrogens (primary N) is 1. The average Bonchev–Trinajstić information content (AvgIpc) is 2.71. The quantitative estimate of drug-likeness (QED) is 0.690. The van der Waals surface area contributed by atoms with Crippen LogP contribution in [0, 0.1) is 5.92 Å². The molecule has 0 amide bonds. The minimum Gasteiger partial charge on any atom is -0.291 e. The third-order valence-electron chi connectivity index (χ3n) is 3.71. The van der Waals surface area contributed by atoms with Gasteiger partial charge in [-0.05, 0) is 12.8 Å². The number of aliphatic imine (C=N–C) groups is 1. The molecule has 16 heavy (non-hydrogen) atoms. The highest BCUT2D eigenvalue weighted by molar-refractivity contribution is 6.30. The van der Waals surface area contributed by atoms with E-state index >= 15 is 0 Å². The number of hydrogen-bond donors (Lipinski definition) is 2. The fourth-order valence-electron chi connectivity index (χ4n) is 2.78. The average molecular weight is 219 g/mol.